The Kier molecular flexibility index (Phi) is 3.89. The van der Waals surface area contributed by atoms with Crippen LogP contribution < -0.4 is 10.4 Å². The zero-order valence-corrected chi connectivity index (χ0v) is 14.8. The van der Waals surface area contributed by atoms with Crippen LogP contribution in [0.2, 0.25) is 39.3 Å². The predicted molar refractivity (Wildman–Crippen MR) is 85.1 cm³/mol. The van der Waals surface area contributed by atoms with E-state index in [1.807, 2.05) is 0 Å². The summed E-state index contributed by atoms with van der Waals surface area (Å²) in [6.07, 6.45) is 0. The molecule has 0 unspecified atom stereocenters. The van der Waals surface area contributed by atoms with Crippen molar-refractivity contribution >= 4 is 49.1 Å². The monoisotopic (exact) mass is 348 g/mol. The fraction of sp³-hybridized carbons (Fsp3) is 0.500. The maximum atomic E-state index is 2.56. The molecule has 0 fully saturated rings. The van der Waals surface area contributed by atoms with Crippen molar-refractivity contribution in [3.05, 3.63) is 21.8 Å². The van der Waals surface area contributed by atoms with E-state index < -0.39 is 16.1 Å². The van der Waals surface area contributed by atoms with Gasteiger partial charge in [0, 0.05) is 3.57 Å². The highest BCUT2D eigenvalue weighted by molar-refractivity contribution is 14.1. The molecule has 0 aliphatic rings. The highest BCUT2D eigenvalue weighted by atomic mass is 127. The lowest BCUT2D eigenvalue weighted by molar-refractivity contribution is 1.63. The van der Waals surface area contributed by atoms with Crippen molar-refractivity contribution < 1.29 is 0 Å². The third-order valence-corrected chi connectivity index (χ3v) is 8.86. The van der Waals surface area contributed by atoms with Gasteiger partial charge in [-0.1, -0.05) is 57.5 Å². The molecule has 84 valence electrons. The maximum absolute atomic E-state index is 2.56. The van der Waals surface area contributed by atoms with Gasteiger partial charge < -0.3 is 0 Å². The number of benzene rings is 1. The SMILES string of the molecule is C[Si](C)(C)c1cccc([Si](C)(C)C)c1I. The number of hydrogen-bond donors (Lipinski definition) is 0. The third-order valence-electron chi connectivity index (χ3n) is 2.61. The Balaban J connectivity index is 3.37. The Labute approximate surface area is 110 Å². The van der Waals surface area contributed by atoms with Crippen molar-refractivity contribution in [1.82, 2.24) is 0 Å². The Hall–Kier alpha value is 0.384. The minimum atomic E-state index is -1.17. The van der Waals surface area contributed by atoms with Gasteiger partial charge in [0.05, 0.1) is 16.1 Å². The fourth-order valence-corrected chi connectivity index (χ4v) is 9.81. The fourth-order valence-electron chi connectivity index (χ4n) is 1.69. The van der Waals surface area contributed by atoms with Gasteiger partial charge in [0.25, 0.3) is 0 Å². The van der Waals surface area contributed by atoms with E-state index in [2.05, 4.69) is 80.1 Å². The second kappa shape index (κ2) is 4.33. The lowest BCUT2D eigenvalue weighted by Gasteiger charge is -2.25. The largest absolute Gasteiger partial charge is 0.0789 e. The standard InChI is InChI=1S/C12H21ISi2/c1-14(2,3)10-8-7-9-11(12(10)13)15(4,5)6/h7-9H,1-6H3. The second-order valence-corrected chi connectivity index (χ2v) is 17.3. The average molecular weight is 348 g/mol. The van der Waals surface area contributed by atoms with E-state index in [1.54, 1.807) is 13.9 Å². The molecule has 0 saturated carbocycles. The molecule has 0 nitrogen and oxygen atoms in total. The quantitative estimate of drug-likeness (QED) is 0.568. The number of hydrogen-bond acceptors (Lipinski definition) is 0. The van der Waals surface area contributed by atoms with Crippen LogP contribution in [0.1, 0.15) is 0 Å². The van der Waals surface area contributed by atoms with Crippen molar-refractivity contribution in [2.45, 2.75) is 39.3 Å². The Morgan fingerprint density at radius 2 is 1.13 bits per heavy atom. The molecule has 0 saturated heterocycles. The summed E-state index contributed by atoms with van der Waals surface area (Å²) in [6, 6.07) is 6.92. The average Bonchev–Trinajstić information content (AvgIpc) is 1.99. The van der Waals surface area contributed by atoms with Crippen LogP contribution in [0.15, 0.2) is 18.2 Å². The Bertz CT molecular complexity index is 327. The summed E-state index contributed by atoms with van der Waals surface area (Å²) in [5.74, 6) is 0. The van der Waals surface area contributed by atoms with Gasteiger partial charge in [-0.2, -0.15) is 0 Å². The highest BCUT2D eigenvalue weighted by Gasteiger charge is 2.25. The molecule has 0 atom stereocenters. The molecule has 15 heavy (non-hydrogen) atoms. The van der Waals surface area contributed by atoms with Gasteiger partial charge in [-0.25, -0.2) is 0 Å². The maximum Gasteiger partial charge on any atom is 0.0789 e. The van der Waals surface area contributed by atoms with Crippen LogP contribution in [0.25, 0.3) is 0 Å². The van der Waals surface area contributed by atoms with Crippen molar-refractivity contribution in [1.29, 1.82) is 0 Å². The smallest absolute Gasteiger partial charge is 0.0656 e. The molecule has 0 aromatic heterocycles. The third kappa shape index (κ3) is 3.17. The molecule has 0 heterocycles. The Morgan fingerprint density at radius 3 is 1.40 bits per heavy atom. The van der Waals surface area contributed by atoms with E-state index in [0.29, 0.717) is 0 Å². The summed E-state index contributed by atoms with van der Waals surface area (Å²) < 4.78 is 1.55. The van der Waals surface area contributed by atoms with Crippen LogP contribution in [-0.4, -0.2) is 16.1 Å². The first-order valence-electron chi connectivity index (χ1n) is 5.43. The van der Waals surface area contributed by atoms with Crippen LogP contribution in [0.3, 0.4) is 0 Å². The molecule has 0 spiro atoms. The van der Waals surface area contributed by atoms with Gasteiger partial charge >= 0.3 is 0 Å². The van der Waals surface area contributed by atoms with Gasteiger partial charge in [0.15, 0.2) is 0 Å². The molecule has 1 aromatic rings. The lowest BCUT2D eigenvalue weighted by atomic mass is 10.4. The van der Waals surface area contributed by atoms with E-state index in [-0.39, 0.29) is 0 Å². The molecular formula is C12H21ISi2. The molecule has 0 bridgehead atoms. The van der Waals surface area contributed by atoms with Crippen molar-refractivity contribution in [3.63, 3.8) is 0 Å². The molecule has 0 radical (unpaired) electrons. The van der Waals surface area contributed by atoms with E-state index in [1.165, 1.54) is 0 Å². The topological polar surface area (TPSA) is 0 Å². The summed E-state index contributed by atoms with van der Waals surface area (Å²) in [7, 11) is -2.35. The van der Waals surface area contributed by atoms with Crippen LogP contribution in [0.5, 0.6) is 0 Å². The number of rotatable bonds is 2. The predicted octanol–water partition coefficient (Wildman–Crippen LogP) is 3.38. The molecule has 1 rings (SSSR count). The molecule has 3 heteroatoms. The molecule has 0 aliphatic heterocycles. The van der Waals surface area contributed by atoms with Gasteiger partial charge in [-0.3, -0.25) is 0 Å². The van der Waals surface area contributed by atoms with Crippen molar-refractivity contribution in [3.8, 4) is 0 Å². The van der Waals surface area contributed by atoms with Crippen molar-refractivity contribution in [2.75, 3.05) is 0 Å². The first kappa shape index (κ1) is 13.4. The van der Waals surface area contributed by atoms with E-state index in [9.17, 15) is 0 Å². The van der Waals surface area contributed by atoms with Gasteiger partial charge in [0.1, 0.15) is 0 Å². The van der Waals surface area contributed by atoms with Crippen LogP contribution in [0, 0.1) is 3.57 Å². The van der Waals surface area contributed by atoms with Crippen molar-refractivity contribution in [2.24, 2.45) is 0 Å². The summed E-state index contributed by atoms with van der Waals surface area (Å²) in [6.45, 7) is 14.6. The van der Waals surface area contributed by atoms with Gasteiger partial charge in [-0.05, 0) is 33.0 Å². The van der Waals surface area contributed by atoms with E-state index in [4.69, 9.17) is 0 Å². The molecular weight excluding hydrogens is 327 g/mol. The summed E-state index contributed by atoms with van der Waals surface area (Å²) in [4.78, 5) is 0. The zero-order chi connectivity index (χ0) is 11.9. The normalized spacial score (nSPS) is 13.0. The summed E-state index contributed by atoms with van der Waals surface area (Å²) >= 11 is 2.56. The zero-order valence-electron chi connectivity index (χ0n) is 10.6. The summed E-state index contributed by atoms with van der Waals surface area (Å²) in [5.41, 5.74) is 0. The minimum Gasteiger partial charge on any atom is -0.0656 e. The first-order valence-corrected chi connectivity index (χ1v) is 13.5. The lowest BCUT2D eigenvalue weighted by Crippen LogP contribution is -2.48. The van der Waals surface area contributed by atoms with E-state index in [0.717, 1.165) is 0 Å². The molecule has 0 N–H and O–H groups in total. The minimum absolute atomic E-state index is 1.17. The Morgan fingerprint density at radius 1 is 0.800 bits per heavy atom. The highest BCUT2D eigenvalue weighted by Crippen LogP contribution is 2.12. The van der Waals surface area contributed by atoms with Crippen LogP contribution in [0.4, 0.5) is 0 Å². The molecule has 1 aromatic carbocycles. The van der Waals surface area contributed by atoms with Gasteiger partial charge in [0.2, 0.25) is 0 Å². The molecule has 0 amide bonds. The molecule has 0 aliphatic carbocycles. The van der Waals surface area contributed by atoms with Gasteiger partial charge in [-0.15, -0.1) is 0 Å². The second-order valence-electron chi connectivity index (χ2n) is 6.17. The number of halogens is 1. The summed E-state index contributed by atoms with van der Waals surface area (Å²) in [5, 5.41) is 3.26. The van der Waals surface area contributed by atoms with E-state index >= 15 is 0 Å². The first-order chi connectivity index (χ1) is 6.64. The van der Waals surface area contributed by atoms with Crippen LogP contribution >= 0.6 is 22.6 Å². The van der Waals surface area contributed by atoms with Crippen LogP contribution in [-0.2, 0) is 0 Å².